The zero-order valence-electron chi connectivity index (χ0n) is 10.5. The maximum atomic E-state index is 5.76. The van der Waals surface area contributed by atoms with Crippen molar-refractivity contribution in [2.45, 2.75) is 22.8 Å². The highest BCUT2D eigenvalue weighted by Crippen LogP contribution is 2.34. The number of aromatic nitrogens is 2. The summed E-state index contributed by atoms with van der Waals surface area (Å²) < 4.78 is 2.21. The van der Waals surface area contributed by atoms with Gasteiger partial charge in [-0.1, -0.05) is 18.2 Å². The molecule has 0 radical (unpaired) electrons. The first-order valence-corrected chi connectivity index (χ1v) is 7.59. The van der Waals surface area contributed by atoms with Gasteiger partial charge in [0.1, 0.15) is 5.03 Å². The topological polar surface area (TPSA) is 51.8 Å². The van der Waals surface area contributed by atoms with Gasteiger partial charge in [-0.05, 0) is 42.4 Å². The van der Waals surface area contributed by atoms with Crippen LogP contribution in [0.25, 0.3) is 10.2 Å². The van der Waals surface area contributed by atoms with Crippen molar-refractivity contribution in [1.29, 1.82) is 0 Å². The van der Waals surface area contributed by atoms with E-state index >= 15 is 0 Å². The third-order valence-electron chi connectivity index (χ3n) is 2.76. The van der Waals surface area contributed by atoms with E-state index in [1.165, 1.54) is 4.70 Å². The van der Waals surface area contributed by atoms with Gasteiger partial charge in [0.25, 0.3) is 0 Å². The van der Waals surface area contributed by atoms with Crippen LogP contribution < -0.4 is 5.73 Å². The largest absolute Gasteiger partial charge is 0.326 e. The number of hydrogen-bond donors (Lipinski definition) is 1. The van der Waals surface area contributed by atoms with E-state index < -0.39 is 0 Å². The van der Waals surface area contributed by atoms with E-state index in [-0.39, 0.29) is 0 Å². The lowest BCUT2D eigenvalue weighted by atomic mass is 10.2. The first-order chi connectivity index (χ1) is 9.26. The molecule has 5 heteroatoms. The summed E-state index contributed by atoms with van der Waals surface area (Å²) in [6.07, 6.45) is 0. The quantitative estimate of drug-likeness (QED) is 0.799. The molecule has 3 aromatic rings. The number of rotatable bonds is 3. The van der Waals surface area contributed by atoms with E-state index in [4.69, 9.17) is 5.73 Å². The van der Waals surface area contributed by atoms with E-state index in [0.29, 0.717) is 6.54 Å². The Balaban J connectivity index is 1.98. The minimum absolute atomic E-state index is 0.501. The predicted molar refractivity (Wildman–Crippen MR) is 80.6 cm³/mol. The second-order valence-corrected chi connectivity index (χ2v) is 6.44. The Morgan fingerprint density at radius 3 is 2.79 bits per heavy atom. The molecule has 0 unspecified atom stereocenters. The molecule has 0 bridgehead atoms. The van der Waals surface area contributed by atoms with Crippen LogP contribution in [0.5, 0.6) is 0 Å². The molecule has 0 fully saturated rings. The minimum Gasteiger partial charge on any atom is -0.326 e. The van der Waals surface area contributed by atoms with Gasteiger partial charge in [0.2, 0.25) is 0 Å². The molecule has 0 aliphatic carbocycles. The zero-order valence-corrected chi connectivity index (χ0v) is 12.1. The van der Waals surface area contributed by atoms with E-state index in [2.05, 4.69) is 16.0 Å². The first kappa shape index (κ1) is 12.6. The van der Waals surface area contributed by atoms with Crippen LogP contribution in [-0.4, -0.2) is 9.97 Å². The van der Waals surface area contributed by atoms with E-state index in [1.54, 1.807) is 23.1 Å². The number of nitrogens with two attached hydrogens (primary N) is 1. The van der Waals surface area contributed by atoms with Gasteiger partial charge in [-0.25, -0.2) is 9.97 Å². The number of hydrogen-bond acceptors (Lipinski definition) is 5. The van der Waals surface area contributed by atoms with Crippen molar-refractivity contribution in [3.8, 4) is 0 Å². The summed E-state index contributed by atoms with van der Waals surface area (Å²) in [7, 11) is 0. The van der Waals surface area contributed by atoms with Crippen LogP contribution in [0.2, 0.25) is 0 Å². The van der Waals surface area contributed by atoms with Crippen LogP contribution in [0, 0.1) is 6.92 Å². The summed E-state index contributed by atoms with van der Waals surface area (Å²) in [5.74, 6) is 0. The van der Waals surface area contributed by atoms with Crippen molar-refractivity contribution in [2.75, 3.05) is 0 Å². The molecular weight excluding hydrogens is 274 g/mol. The molecule has 3 rings (SSSR count). The molecule has 19 heavy (non-hydrogen) atoms. The van der Waals surface area contributed by atoms with Crippen molar-refractivity contribution in [3.05, 3.63) is 47.7 Å². The van der Waals surface area contributed by atoms with Gasteiger partial charge in [0.15, 0.2) is 4.34 Å². The molecule has 0 saturated heterocycles. The number of thiazole rings is 1. The van der Waals surface area contributed by atoms with Gasteiger partial charge in [-0.3, -0.25) is 0 Å². The number of pyridine rings is 1. The van der Waals surface area contributed by atoms with Crippen molar-refractivity contribution in [3.63, 3.8) is 0 Å². The summed E-state index contributed by atoms with van der Waals surface area (Å²) in [5, 5.41) is 0.960. The molecule has 96 valence electrons. The van der Waals surface area contributed by atoms with Gasteiger partial charge in [-0.15, -0.1) is 11.3 Å². The maximum absolute atomic E-state index is 5.76. The van der Waals surface area contributed by atoms with Crippen molar-refractivity contribution < 1.29 is 0 Å². The number of benzene rings is 1. The lowest BCUT2D eigenvalue weighted by Crippen LogP contribution is -2.00. The normalized spacial score (nSPS) is 11.1. The second-order valence-electron chi connectivity index (χ2n) is 4.17. The number of nitrogens with zero attached hydrogens (tertiary/aromatic N) is 2. The van der Waals surface area contributed by atoms with Crippen LogP contribution >= 0.6 is 23.1 Å². The van der Waals surface area contributed by atoms with Gasteiger partial charge in [0.05, 0.1) is 10.2 Å². The Kier molecular flexibility index (Phi) is 3.50. The van der Waals surface area contributed by atoms with Gasteiger partial charge in [-0.2, -0.15) is 0 Å². The third-order valence-corrected chi connectivity index (χ3v) is 4.90. The van der Waals surface area contributed by atoms with Crippen molar-refractivity contribution in [2.24, 2.45) is 5.73 Å². The van der Waals surface area contributed by atoms with Gasteiger partial charge in [0, 0.05) is 12.2 Å². The summed E-state index contributed by atoms with van der Waals surface area (Å²) in [6.45, 7) is 2.49. The molecule has 1 aromatic carbocycles. The van der Waals surface area contributed by atoms with Crippen LogP contribution in [0.3, 0.4) is 0 Å². The fourth-order valence-corrected chi connectivity index (χ4v) is 3.93. The Hall–Kier alpha value is -1.43. The van der Waals surface area contributed by atoms with Crippen LogP contribution in [0.4, 0.5) is 0 Å². The van der Waals surface area contributed by atoms with Gasteiger partial charge < -0.3 is 5.73 Å². The molecule has 2 N–H and O–H groups in total. The van der Waals surface area contributed by atoms with E-state index in [9.17, 15) is 0 Å². The second kappa shape index (κ2) is 5.28. The lowest BCUT2D eigenvalue weighted by Gasteiger charge is -2.05. The Bertz CT molecular complexity index is 689. The molecule has 0 spiro atoms. The summed E-state index contributed by atoms with van der Waals surface area (Å²) in [4.78, 5) is 9.17. The summed E-state index contributed by atoms with van der Waals surface area (Å²) in [6, 6.07) is 12.2. The van der Waals surface area contributed by atoms with Crippen LogP contribution in [0.15, 0.2) is 45.8 Å². The van der Waals surface area contributed by atoms with Crippen LogP contribution in [0.1, 0.15) is 11.3 Å². The Labute approximate surface area is 119 Å². The maximum Gasteiger partial charge on any atom is 0.157 e. The average Bonchev–Trinajstić information content (AvgIpc) is 2.81. The minimum atomic E-state index is 0.501. The molecule has 0 amide bonds. The highest BCUT2D eigenvalue weighted by Gasteiger charge is 2.09. The summed E-state index contributed by atoms with van der Waals surface area (Å²) >= 11 is 3.28. The lowest BCUT2D eigenvalue weighted by molar-refractivity contribution is 0.941. The third kappa shape index (κ3) is 2.63. The van der Waals surface area contributed by atoms with Crippen LogP contribution in [-0.2, 0) is 6.54 Å². The molecule has 2 aromatic heterocycles. The van der Waals surface area contributed by atoms with Crippen molar-refractivity contribution in [1.82, 2.24) is 9.97 Å². The molecule has 0 aliphatic rings. The molecule has 0 saturated carbocycles. The van der Waals surface area contributed by atoms with E-state index in [0.717, 1.165) is 26.1 Å². The highest BCUT2D eigenvalue weighted by molar-refractivity contribution is 8.01. The number of aryl methyl sites for hydroxylation is 1. The fourth-order valence-electron chi connectivity index (χ4n) is 1.78. The highest BCUT2D eigenvalue weighted by atomic mass is 32.2. The van der Waals surface area contributed by atoms with Gasteiger partial charge >= 0.3 is 0 Å². The molecule has 0 aliphatic heterocycles. The predicted octanol–water partition coefficient (Wildman–Crippen LogP) is 3.61. The average molecular weight is 287 g/mol. The molecular formula is C14H13N3S2. The summed E-state index contributed by atoms with van der Waals surface area (Å²) in [5.41, 5.74) is 8.86. The fraction of sp³-hybridized carbons (Fsp3) is 0.143. The Morgan fingerprint density at radius 1 is 1.16 bits per heavy atom. The SMILES string of the molecule is Cc1ccc(CN)c(Sc2nc3ccccc3s2)n1. The molecule has 0 atom stereocenters. The Morgan fingerprint density at radius 2 is 2.00 bits per heavy atom. The first-order valence-electron chi connectivity index (χ1n) is 5.96. The smallest absolute Gasteiger partial charge is 0.157 e. The molecule has 2 heterocycles. The standard InChI is InChI=1S/C14H13N3S2/c1-9-6-7-10(8-15)13(16-9)19-14-17-11-4-2-3-5-12(11)18-14/h2-7H,8,15H2,1H3. The number of para-hydroxylation sites is 1. The number of fused-ring (bicyclic) bond motifs is 1. The van der Waals surface area contributed by atoms with E-state index in [1.807, 2.05) is 37.3 Å². The zero-order chi connectivity index (χ0) is 13.2. The molecule has 3 nitrogen and oxygen atoms in total. The van der Waals surface area contributed by atoms with Crippen molar-refractivity contribution >= 4 is 33.3 Å². The monoisotopic (exact) mass is 287 g/mol.